The number of rotatable bonds is 7. The summed E-state index contributed by atoms with van der Waals surface area (Å²) < 4.78 is 5.00. The maximum atomic E-state index is 11.7. The average molecular weight is 282 g/mol. The molecule has 106 valence electrons. The molecule has 1 unspecified atom stereocenters. The molecule has 1 aromatic rings. The van der Waals surface area contributed by atoms with E-state index in [1.807, 2.05) is 0 Å². The third-order valence-corrected chi connectivity index (χ3v) is 3.31. The van der Waals surface area contributed by atoms with Crippen molar-refractivity contribution in [1.29, 1.82) is 0 Å². The molecule has 0 aliphatic carbocycles. The second-order valence-corrected chi connectivity index (χ2v) is 4.97. The molecule has 2 N–H and O–H groups in total. The van der Waals surface area contributed by atoms with E-state index in [1.54, 1.807) is 12.1 Å². The van der Waals surface area contributed by atoms with Gasteiger partial charge in [0.1, 0.15) is 0 Å². The van der Waals surface area contributed by atoms with E-state index < -0.39 is 0 Å². The number of hydrogen-bond donors (Lipinski definition) is 2. The molecule has 0 aliphatic rings. The molecule has 0 saturated carbocycles. The highest BCUT2D eigenvalue weighted by Gasteiger charge is 2.11. The van der Waals surface area contributed by atoms with Crippen LogP contribution in [0.25, 0.3) is 0 Å². The summed E-state index contributed by atoms with van der Waals surface area (Å²) in [4.78, 5) is 11.7. The maximum absolute atomic E-state index is 11.7. The first kappa shape index (κ1) is 15.7. The Morgan fingerprint density at radius 3 is 2.84 bits per heavy atom. The smallest absolute Gasteiger partial charge is 0.293 e. The molecule has 1 atom stereocenters. The fourth-order valence-electron chi connectivity index (χ4n) is 1.80. The van der Waals surface area contributed by atoms with E-state index in [0.717, 1.165) is 13.0 Å². The fraction of sp³-hybridized carbons (Fsp3) is 0.571. The van der Waals surface area contributed by atoms with Crippen molar-refractivity contribution in [3.63, 3.8) is 0 Å². The number of thiocarbonyl (C=S) groups is 1. The predicted molar refractivity (Wildman–Crippen MR) is 80.1 cm³/mol. The lowest BCUT2D eigenvalue weighted by Gasteiger charge is -2.16. The lowest BCUT2D eigenvalue weighted by Crippen LogP contribution is -2.41. The summed E-state index contributed by atoms with van der Waals surface area (Å²) in [6, 6.07) is 3.28. The fourth-order valence-corrected chi connectivity index (χ4v) is 1.97. The highest BCUT2D eigenvalue weighted by Crippen LogP contribution is 2.11. The van der Waals surface area contributed by atoms with Crippen LogP contribution in [0.3, 0.4) is 0 Å². The minimum atomic E-state index is -0.316. The molecule has 0 fully saturated rings. The third-order valence-electron chi connectivity index (χ3n) is 3.07. The lowest BCUT2D eigenvalue weighted by molar-refractivity contribution is 0.0949. The summed E-state index contributed by atoms with van der Waals surface area (Å²) >= 11 is 5.10. The zero-order valence-corrected chi connectivity index (χ0v) is 12.4. The van der Waals surface area contributed by atoms with Gasteiger partial charge in [0.05, 0.1) is 6.26 Å². The van der Waals surface area contributed by atoms with Crippen LogP contribution in [0.5, 0.6) is 0 Å². The van der Waals surface area contributed by atoms with Gasteiger partial charge in [0.15, 0.2) is 10.9 Å². The molecule has 0 bridgehead atoms. The molecule has 1 rings (SSSR count). The number of furan rings is 1. The van der Waals surface area contributed by atoms with E-state index in [9.17, 15) is 4.79 Å². The molecule has 1 aromatic heterocycles. The summed E-state index contributed by atoms with van der Waals surface area (Å²) in [5.41, 5.74) is 0. The van der Waals surface area contributed by atoms with Crippen molar-refractivity contribution >= 4 is 23.2 Å². The standard InChI is InChI=1S/C14H22N2O2S/c1-3-5-7-11(4-2)10-15-14(19)16-13(17)12-8-6-9-18-12/h6,8-9,11H,3-5,7,10H2,1-2H3,(H2,15,16,17,19). The normalized spacial score (nSPS) is 11.9. The van der Waals surface area contributed by atoms with Gasteiger partial charge in [-0.3, -0.25) is 10.1 Å². The molecule has 1 amide bonds. The Morgan fingerprint density at radius 2 is 2.26 bits per heavy atom. The number of carbonyl (C=O) groups is 1. The molecule has 19 heavy (non-hydrogen) atoms. The average Bonchev–Trinajstić information content (AvgIpc) is 2.93. The number of unbranched alkanes of at least 4 members (excludes halogenated alkanes) is 1. The molecule has 0 aromatic carbocycles. The molecular weight excluding hydrogens is 260 g/mol. The van der Waals surface area contributed by atoms with E-state index in [1.165, 1.54) is 25.5 Å². The van der Waals surface area contributed by atoms with E-state index in [2.05, 4.69) is 24.5 Å². The van der Waals surface area contributed by atoms with Gasteiger partial charge in [-0.15, -0.1) is 0 Å². The van der Waals surface area contributed by atoms with Crippen LogP contribution in [0.1, 0.15) is 50.1 Å². The third kappa shape index (κ3) is 5.87. The summed E-state index contributed by atoms with van der Waals surface area (Å²) in [6.45, 7) is 5.16. The summed E-state index contributed by atoms with van der Waals surface area (Å²) in [5, 5.41) is 6.06. The van der Waals surface area contributed by atoms with Crippen LogP contribution in [0.2, 0.25) is 0 Å². The number of hydrogen-bond acceptors (Lipinski definition) is 3. The predicted octanol–water partition coefficient (Wildman–Crippen LogP) is 3.10. The Bertz CT molecular complexity index is 390. The van der Waals surface area contributed by atoms with Gasteiger partial charge in [-0.05, 0) is 36.7 Å². The second-order valence-electron chi connectivity index (χ2n) is 4.56. The first-order chi connectivity index (χ1) is 9.17. The molecular formula is C14H22N2O2S. The maximum Gasteiger partial charge on any atom is 0.293 e. The van der Waals surface area contributed by atoms with Crippen LogP contribution < -0.4 is 10.6 Å². The Morgan fingerprint density at radius 1 is 1.47 bits per heavy atom. The quantitative estimate of drug-likeness (QED) is 0.755. The van der Waals surface area contributed by atoms with Gasteiger partial charge in [-0.2, -0.15) is 0 Å². The van der Waals surface area contributed by atoms with Gasteiger partial charge in [0, 0.05) is 6.54 Å². The highest BCUT2D eigenvalue weighted by molar-refractivity contribution is 7.80. The van der Waals surface area contributed by atoms with Gasteiger partial charge < -0.3 is 9.73 Å². The molecule has 1 heterocycles. The first-order valence-electron chi connectivity index (χ1n) is 6.80. The van der Waals surface area contributed by atoms with Crippen molar-refractivity contribution in [1.82, 2.24) is 10.6 Å². The SMILES string of the molecule is CCCCC(CC)CNC(=S)NC(=O)c1ccco1. The van der Waals surface area contributed by atoms with Crippen molar-refractivity contribution in [2.45, 2.75) is 39.5 Å². The molecule has 0 saturated heterocycles. The second kappa shape index (κ2) is 8.69. The molecule has 5 heteroatoms. The zero-order chi connectivity index (χ0) is 14.1. The van der Waals surface area contributed by atoms with Crippen molar-refractivity contribution in [3.8, 4) is 0 Å². The van der Waals surface area contributed by atoms with Gasteiger partial charge in [0.25, 0.3) is 5.91 Å². The topological polar surface area (TPSA) is 54.3 Å². The van der Waals surface area contributed by atoms with Gasteiger partial charge in [-0.1, -0.05) is 33.1 Å². The number of amides is 1. The number of nitrogens with one attached hydrogen (secondary N) is 2. The Balaban J connectivity index is 2.29. The number of carbonyl (C=O) groups excluding carboxylic acids is 1. The zero-order valence-electron chi connectivity index (χ0n) is 11.6. The molecule has 0 spiro atoms. The summed E-state index contributed by atoms with van der Waals surface area (Å²) in [5.74, 6) is 0.546. The van der Waals surface area contributed by atoms with E-state index in [-0.39, 0.29) is 11.7 Å². The monoisotopic (exact) mass is 282 g/mol. The van der Waals surface area contributed by atoms with E-state index >= 15 is 0 Å². The van der Waals surface area contributed by atoms with Gasteiger partial charge >= 0.3 is 0 Å². The molecule has 0 aliphatic heterocycles. The van der Waals surface area contributed by atoms with Crippen LogP contribution in [0, 0.1) is 5.92 Å². The van der Waals surface area contributed by atoms with Gasteiger partial charge in [0.2, 0.25) is 0 Å². The minimum Gasteiger partial charge on any atom is -0.459 e. The van der Waals surface area contributed by atoms with Gasteiger partial charge in [-0.25, -0.2) is 0 Å². The Labute approximate surface area is 119 Å². The van der Waals surface area contributed by atoms with Crippen LogP contribution >= 0.6 is 12.2 Å². The summed E-state index contributed by atoms with van der Waals surface area (Å²) in [6.07, 6.45) is 6.20. The van der Waals surface area contributed by atoms with E-state index in [0.29, 0.717) is 11.0 Å². The summed E-state index contributed by atoms with van der Waals surface area (Å²) in [7, 11) is 0. The van der Waals surface area contributed by atoms with Crippen LogP contribution in [-0.2, 0) is 0 Å². The lowest BCUT2D eigenvalue weighted by atomic mass is 9.99. The van der Waals surface area contributed by atoms with Crippen molar-refractivity contribution in [3.05, 3.63) is 24.2 Å². The Hall–Kier alpha value is -1.36. The highest BCUT2D eigenvalue weighted by atomic mass is 32.1. The van der Waals surface area contributed by atoms with Crippen molar-refractivity contribution in [2.75, 3.05) is 6.54 Å². The van der Waals surface area contributed by atoms with Crippen LogP contribution in [0.15, 0.2) is 22.8 Å². The van der Waals surface area contributed by atoms with Crippen LogP contribution in [0.4, 0.5) is 0 Å². The molecule has 4 nitrogen and oxygen atoms in total. The van der Waals surface area contributed by atoms with E-state index in [4.69, 9.17) is 16.6 Å². The first-order valence-corrected chi connectivity index (χ1v) is 7.20. The van der Waals surface area contributed by atoms with Crippen molar-refractivity contribution in [2.24, 2.45) is 5.92 Å². The van der Waals surface area contributed by atoms with Crippen LogP contribution in [-0.4, -0.2) is 17.6 Å². The van der Waals surface area contributed by atoms with Crippen molar-refractivity contribution < 1.29 is 9.21 Å². The minimum absolute atomic E-state index is 0.266. The Kier molecular flexibility index (Phi) is 7.18. The largest absolute Gasteiger partial charge is 0.459 e. The molecule has 0 radical (unpaired) electrons.